The number of rotatable bonds is 11. The molecule has 6 rings (SSSR count). The number of aryl methyl sites for hydroxylation is 1. The predicted octanol–water partition coefficient (Wildman–Crippen LogP) is 6.43. The molecule has 3 heterocycles. The number of amides is 4. The van der Waals surface area contributed by atoms with E-state index in [1.807, 2.05) is 85.0 Å². The highest BCUT2D eigenvalue weighted by atomic mass is 19.1. The summed E-state index contributed by atoms with van der Waals surface area (Å²) in [7, 11) is 0. The number of alkyl carbamates (subject to hydrolysis) is 1. The fraction of sp³-hybridized carbons (Fsp3) is 0.500. The molecule has 2 aliphatic rings. The van der Waals surface area contributed by atoms with E-state index in [1.165, 1.54) is 12.1 Å². The Balaban J connectivity index is 1.10. The molecule has 2 aromatic heterocycles. The lowest BCUT2D eigenvalue weighted by atomic mass is 9.81. The molecule has 1 aliphatic heterocycles. The standard InChI is InChI=1S/C44H57FN10O6/c1-27-22-37(54-18-20-55(21-19-54)42(59)61-44(5,6)7)46-26-34(27)30-12-8-28(9-13-30)23-36(40(57)48-32-16-17-33(35(45)24-32)38-50-52-53-51-38)49-39(56)31-14-10-29(11-15-31)25-47-41(58)60-43(2,3)4/h8-9,12-13,16-17,22,24,26,29,31,36H,10-11,14-15,18-21,23,25H2,1-7H3,(H,47,58)(H,48,57)(H,49,56)(H,50,51,52,53). The maximum Gasteiger partial charge on any atom is 0.410 e. The molecule has 1 unspecified atom stereocenters. The predicted molar refractivity (Wildman–Crippen MR) is 228 cm³/mol. The molecule has 1 aliphatic carbocycles. The molecule has 1 saturated carbocycles. The number of H-pyrrole nitrogens is 1. The summed E-state index contributed by atoms with van der Waals surface area (Å²) in [5.41, 5.74) is 2.92. The third-order valence-corrected chi connectivity index (χ3v) is 10.7. The number of hydrogen-bond acceptors (Lipinski definition) is 11. The van der Waals surface area contributed by atoms with Gasteiger partial charge in [-0.3, -0.25) is 9.59 Å². The number of aromatic amines is 1. The van der Waals surface area contributed by atoms with Crippen LogP contribution in [0.5, 0.6) is 0 Å². The first-order chi connectivity index (χ1) is 28.9. The van der Waals surface area contributed by atoms with Gasteiger partial charge in [-0.25, -0.2) is 19.0 Å². The Hall–Kier alpha value is -6.13. The zero-order chi connectivity index (χ0) is 43.9. The van der Waals surface area contributed by atoms with Crippen LogP contribution in [0.15, 0.2) is 54.7 Å². The van der Waals surface area contributed by atoms with Gasteiger partial charge in [0.2, 0.25) is 17.6 Å². The fourth-order valence-corrected chi connectivity index (χ4v) is 7.47. The summed E-state index contributed by atoms with van der Waals surface area (Å²) in [6.45, 7) is 15.9. The second kappa shape index (κ2) is 19.1. The maximum absolute atomic E-state index is 15.1. The number of hydrogen-bond donors (Lipinski definition) is 4. The molecule has 1 atom stereocenters. The van der Waals surface area contributed by atoms with Crippen LogP contribution in [0.1, 0.15) is 78.4 Å². The Labute approximate surface area is 355 Å². The zero-order valence-corrected chi connectivity index (χ0v) is 36.0. The van der Waals surface area contributed by atoms with Crippen LogP contribution in [-0.4, -0.2) is 104 Å². The van der Waals surface area contributed by atoms with Crippen molar-refractivity contribution in [2.24, 2.45) is 11.8 Å². The minimum absolute atomic E-state index is 0.0800. The highest BCUT2D eigenvalue weighted by Gasteiger charge is 2.31. The van der Waals surface area contributed by atoms with Crippen molar-refractivity contribution < 1.29 is 33.0 Å². The van der Waals surface area contributed by atoms with Crippen molar-refractivity contribution in [3.05, 3.63) is 71.7 Å². The van der Waals surface area contributed by atoms with E-state index in [4.69, 9.17) is 14.5 Å². The number of nitrogens with one attached hydrogen (secondary N) is 4. The Kier molecular flexibility index (Phi) is 13.9. The molecule has 2 aromatic carbocycles. The van der Waals surface area contributed by atoms with E-state index in [0.29, 0.717) is 45.6 Å². The second-order valence-electron chi connectivity index (χ2n) is 17.8. The van der Waals surface area contributed by atoms with Gasteiger partial charge in [0.05, 0.1) is 5.56 Å². The minimum Gasteiger partial charge on any atom is -0.444 e. The minimum atomic E-state index is -0.969. The molecule has 4 N–H and O–H groups in total. The van der Waals surface area contributed by atoms with Gasteiger partial charge in [-0.15, -0.1) is 10.2 Å². The van der Waals surface area contributed by atoms with Crippen LogP contribution in [-0.2, 0) is 25.5 Å². The quantitative estimate of drug-likeness (QED) is 0.130. The molecular weight excluding hydrogens is 784 g/mol. The van der Waals surface area contributed by atoms with Crippen LogP contribution in [0, 0.1) is 24.6 Å². The lowest BCUT2D eigenvalue weighted by Crippen LogP contribution is -2.50. The molecule has 0 spiro atoms. The average Bonchev–Trinajstić information content (AvgIpc) is 3.74. The van der Waals surface area contributed by atoms with Gasteiger partial charge in [-0.1, -0.05) is 24.3 Å². The largest absolute Gasteiger partial charge is 0.444 e. The Morgan fingerprint density at radius 2 is 1.57 bits per heavy atom. The van der Waals surface area contributed by atoms with E-state index in [1.54, 1.807) is 11.0 Å². The number of carbonyl (C=O) groups is 4. The molecule has 61 heavy (non-hydrogen) atoms. The summed E-state index contributed by atoms with van der Waals surface area (Å²) >= 11 is 0. The van der Waals surface area contributed by atoms with E-state index in [-0.39, 0.29) is 47.3 Å². The average molecular weight is 841 g/mol. The second-order valence-corrected chi connectivity index (χ2v) is 17.8. The highest BCUT2D eigenvalue weighted by Crippen LogP contribution is 2.30. The SMILES string of the molecule is Cc1cc(N2CCN(C(=O)OC(C)(C)C)CC2)ncc1-c1ccc(CC(NC(=O)C2CCC(CNC(=O)OC(C)(C)C)CC2)C(=O)Nc2ccc(-c3nn[nH]n3)c(F)c2)cc1. The molecule has 4 aromatic rings. The van der Waals surface area contributed by atoms with E-state index < -0.39 is 35.1 Å². The van der Waals surface area contributed by atoms with Crippen molar-refractivity contribution in [2.75, 3.05) is 42.9 Å². The number of anilines is 2. The summed E-state index contributed by atoms with van der Waals surface area (Å²) in [6.07, 6.45) is 3.93. The van der Waals surface area contributed by atoms with Gasteiger partial charge in [-0.05, 0) is 126 Å². The first-order valence-corrected chi connectivity index (χ1v) is 20.8. The molecule has 4 amide bonds. The van der Waals surface area contributed by atoms with Gasteiger partial charge in [0.15, 0.2) is 0 Å². The van der Waals surface area contributed by atoms with Crippen LogP contribution in [0.3, 0.4) is 0 Å². The van der Waals surface area contributed by atoms with E-state index in [0.717, 1.165) is 40.9 Å². The van der Waals surface area contributed by atoms with Crippen LogP contribution in [0.4, 0.5) is 25.5 Å². The molecule has 17 heteroatoms. The van der Waals surface area contributed by atoms with E-state index in [9.17, 15) is 19.2 Å². The number of ether oxygens (including phenoxy) is 2. The van der Waals surface area contributed by atoms with Gasteiger partial charge in [-0.2, -0.15) is 5.21 Å². The van der Waals surface area contributed by atoms with Gasteiger partial charge in [0.1, 0.15) is 28.9 Å². The number of benzene rings is 2. The van der Waals surface area contributed by atoms with Gasteiger partial charge < -0.3 is 35.2 Å². The molecule has 326 valence electrons. The number of tetrazole rings is 1. The topological polar surface area (TPSA) is 197 Å². The molecule has 0 radical (unpaired) electrons. The summed E-state index contributed by atoms with van der Waals surface area (Å²) in [5.74, 6) is -0.570. The molecule has 1 saturated heterocycles. The van der Waals surface area contributed by atoms with Crippen molar-refractivity contribution in [1.82, 2.24) is 41.1 Å². The Morgan fingerprint density at radius 1 is 0.885 bits per heavy atom. The normalized spacial score (nSPS) is 17.6. The van der Waals surface area contributed by atoms with Crippen LogP contribution in [0.2, 0.25) is 0 Å². The van der Waals surface area contributed by atoms with Crippen molar-refractivity contribution in [2.45, 2.75) is 97.8 Å². The Bertz CT molecular complexity index is 2150. The summed E-state index contributed by atoms with van der Waals surface area (Å²) in [4.78, 5) is 61.0. The van der Waals surface area contributed by atoms with E-state index in [2.05, 4.69) is 41.5 Å². The van der Waals surface area contributed by atoms with Crippen molar-refractivity contribution in [1.29, 1.82) is 0 Å². The fourth-order valence-electron chi connectivity index (χ4n) is 7.47. The monoisotopic (exact) mass is 840 g/mol. The van der Waals surface area contributed by atoms with Crippen LogP contribution < -0.4 is 20.9 Å². The summed E-state index contributed by atoms with van der Waals surface area (Å²) in [6, 6.07) is 13.0. The van der Waals surface area contributed by atoms with Crippen LogP contribution >= 0.6 is 0 Å². The molecule has 16 nitrogen and oxygen atoms in total. The lowest BCUT2D eigenvalue weighted by molar-refractivity contribution is -0.130. The van der Waals surface area contributed by atoms with Gasteiger partial charge in [0, 0.05) is 62.5 Å². The first-order valence-electron chi connectivity index (χ1n) is 20.8. The smallest absolute Gasteiger partial charge is 0.410 e. The van der Waals surface area contributed by atoms with Gasteiger partial charge >= 0.3 is 12.2 Å². The molecular formula is C44H57FN10O6. The highest BCUT2D eigenvalue weighted by molar-refractivity contribution is 5.98. The zero-order valence-electron chi connectivity index (χ0n) is 36.0. The van der Waals surface area contributed by atoms with Crippen molar-refractivity contribution in [3.8, 4) is 22.5 Å². The van der Waals surface area contributed by atoms with Crippen molar-refractivity contribution in [3.63, 3.8) is 0 Å². The first kappa shape index (κ1) is 44.4. The third-order valence-electron chi connectivity index (χ3n) is 10.7. The van der Waals surface area contributed by atoms with Gasteiger partial charge in [0.25, 0.3) is 0 Å². The molecule has 0 bridgehead atoms. The number of nitrogens with zero attached hydrogens (tertiary/aromatic N) is 6. The number of halogens is 1. The number of piperazine rings is 1. The van der Waals surface area contributed by atoms with E-state index >= 15 is 4.39 Å². The lowest BCUT2D eigenvalue weighted by Gasteiger charge is -2.36. The number of carbonyl (C=O) groups excluding carboxylic acids is 4. The third kappa shape index (κ3) is 12.5. The maximum atomic E-state index is 15.1. The van der Waals surface area contributed by atoms with Crippen LogP contribution in [0.25, 0.3) is 22.5 Å². The summed E-state index contributed by atoms with van der Waals surface area (Å²) in [5, 5.41) is 22.0. The summed E-state index contributed by atoms with van der Waals surface area (Å²) < 4.78 is 26.0. The molecule has 2 fully saturated rings. The number of aromatic nitrogens is 5. The Morgan fingerprint density at radius 3 is 2.18 bits per heavy atom. The number of pyridine rings is 1. The van der Waals surface area contributed by atoms with Crippen molar-refractivity contribution >= 4 is 35.5 Å².